The summed E-state index contributed by atoms with van der Waals surface area (Å²) in [5.74, 6) is 0.779. The zero-order chi connectivity index (χ0) is 26.5. The van der Waals surface area contributed by atoms with E-state index in [1.807, 2.05) is 30.6 Å². The zero-order valence-corrected chi connectivity index (χ0v) is 22.6. The first kappa shape index (κ1) is 25.5. The molecule has 0 N–H and O–H groups in total. The molecule has 0 radical (unpaired) electrons. The number of imidazole rings is 1. The summed E-state index contributed by atoms with van der Waals surface area (Å²) in [4.78, 5) is 42.5. The van der Waals surface area contributed by atoms with E-state index in [1.54, 1.807) is 36.7 Å². The van der Waals surface area contributed by atoms with Crippen LogP contribution in [0, 0.1) is 5.92 Å². The highest BCUT2D eigenvalue weighted by atomic mass is 35.5. The second-order valence-electron chi connectivity index (χ2n) is 10.2. The van der Waals surface area contributed by atoms with E-state index in [2.05, 4.69) is 33.8 Å². The molecule has 0 saturated heterocycles. The molecule has 9 heteroatoms. The maximum atomic E-state index is 13.2. The summed E-state index contributed by atoms with van der Waals surface area (Å²) in [6.45, 7) is 8.07. The van der Waals surface area contributed by atoms with Gasteiger partial charge in [0.15, 0.2) is 17.2 Å². The first-order valence-corrected chi connectivity index (χ1v) is 13.1. The lowest BCUT2D eigenvalue weighted by Crippen LogP contribution is -2.40. The topological polar surface area (TPSA) is 90.1 Å². The van der Waals surface area contributed by atoms with Crippen LogP contribution in [0.25, 0.3) is 5.65 Å². The molecule has 0 fully saturated rings. The summed E-state index contributed by atoms with van der Waals surface area (Å²) in [6, 6.07) is 6.91. The van der Waals surface area contributed by atoms with Crippen molar-refractivity contribution in [1.29, 1.82) is 0 Å². The van der Waals surface area contributed by atoms with Crippen LogP contribution in [0.4, 0.5) is 0 Å². The van der Waals surface area contributed by atoms with Gasteiger partial charge in [-0.2, -0.15) is 0 Å². The van der Waals surface area contributed by atoms with E-state index in [9.17, 15) is 9.59 Å². The summed E-state index contributed by atoms with van der Waals surface area (Å²) >= 11 is 11.8. The molecule has 0 amide bonds. The van der Waals surface area contributed by atoms with Crippen molar-refractivity contribution in [3.8, 4) is 0 Å². The van der Waals surface area contributed by atoms with Crippen LogP contribution in [0.1, 0.15) is 90.2 Å². The molecule has 190 valence electrons. The van der Waals surface area contributed by atoms with Gasteiger partial charge in [0.2, 0.25) is 0 Å². The number of ketones is 2. The summed E-state index contributed by atoms with van der Waals surface area (Å²) in [5, 5.41) is 0.887. The SMILES string of the molecule is CC1CC(C)(c2nccn3ccnc23)C(=O)c2ccc(Cl)nc21.CC1CC(C)c2nc(Cl)ccc2C1=O. The fourth-order valence-electron chi connectivity index (χ4n) is 5.61. The molecule has 4 aromatic heterocycles. The number of rotatable bonds is 1. The van der Waals surface area contributed by atoms with Crippen LogP contribution in [-0.4, -0.2) is 35.9 Å². The Morgan fingerprint density at radius 2 is 1.43 bits per heavy atom. The van der Waals surface area contributed by atoms with Gasteiger partial charge in [0, 0.05) is 47.8 Å². The van der Waals surface area contributed by atoms with E-state index >= 15 is 0 Å². The molecule has 0 saturated carbocycles. The fourth-order valence-corrected chi connectivity index (χ4v) is 5.92. The minimum Gasteiger partial charge on any atom is -0.304 e. The number of carbonyl (C=O) groups excluding carboxylic acids is 2. The van der Waals surface area contributed by atoms with Crippen LogP contribution in [-0.2, 0) is 5.41 Å². The van der Waals surface area contributed by atoms with Crippen LogP contribution in [0.5, 0.6) is 0 Å². The van der Waals surface area contributed by atoms with Crippen LogP contribution in [0.2, 0.25) is 10.3 Å². The van der Waals surface area contributed by atoms with E-state index in [0.29, 0.717) is 33.9 Å². The van der Waals surface area contributed by atoms with Crippen molar-refractivity contribution >= 4 is 40.4 Å². The number of hydrogen-bond donors (Lipinski definition) is 0. The molecule has 2 aliphatic rings. The van der Waals surface area contributed by atoms with Gasteiger partial charge in [-0.1, -0.05) is 44.0 Å². The lowest BCUT2D eigenvalue weighted by molar-refractivity contribution is 0.0860. The third-order valence-electron chi connectivity index (χ3n) is 7.43. The lowest BCUT2D eigenvalue weighted by atomic mass is 9.67. The fraction of sp³-hybridized carbons (Fsp3) is 0.357. The van der Waals surface area contributed by atoms with Crippen molar-refractivity contribution in [1.82, 2.24) is 24.3 Å². The van der Waals surface area contributed by atoms with Gasteiger partial charge in [-0.05, 0) is 49.9 Å². The quantitative estimate of drug-likeness (QED) is 0.259. The van der Waals surface area contributed by atoms with Gasteiger partial charge < -0.3 is 4.40 Å². The maximum absolute atomic E-state index is 13.2. The van der Waals surface area contributed by atoms with E-state index in [0.717, 1.165) is 29.0 Å². The van der Waals surface area contributed by atoms with Crippen molar-refractivity contribution in [2.24, 2.45) is 5.92 Å². The zero-order valence-electron chi connectivity index (χ0n) is 21.1. The van der Waals surface area contributed by atoms with Crippen LogP contribution < -0.4 is 0 Å². The van der Waals surface area contributed by atoms with Gasteiger partial charge >= 0.3 is 0 Å². The summed E-state index contributed by atoms with van der Waals surface area (Å²) in [7, 11) is 0. The van der Waals surface area contributed by atoms with E-state index < -0.39 is 5.41 Å². The van der Waals surface area contributed by atoms with Gasteiger partial charge in [-0.3, -0.25) is 14.6 Å². The summed E-state index contributed by atoms with van der Waals surface area (Å²) in [5.41, 5.74) is 3.72. The highest BCUT2D eigenvalue weighted by molar-refractivity contribution is 6.29. The molecule has 2 aliphatic carbocycles. The third kappa shape index (κ3) is 4.44. The molecular formula is C28H27Cl2N5O2. The normalized spacial score (nSPS) is 24.8. The number of carbonyl (C=O) groups is 2. The average molecular weight is 536 g/mol. The monoisotopic (exact) mass is 535 g/mol. The Balaban J connectivity index is 0.000000171. The van der Waals surface area contributed by atoms with Crippen molar-refractivity contribution in [3.05, 3.63) is 87.6 Å². The van der Waals surface area contributed by atoms with Gasteiger partial charge in [-0.25, -0.2) is 15.0 Å². The standard InChI is InChI=1S/C17H15ClN4O.C11H12ClNO/c1-10-9-17(2,14-16-20-6-8-22(16)7-5-19-14)15(23)11-3-4-12(18)21-13(10)11;1-6-5-7(2)11(14)8-3-4-9(12)13-10(6)8/h3-8,10H,9H2,1-2H3;3-4,6-7H,5H2,1-2H3. The van der Waals surface area contributed by atoms with Gasteiger partial charge in [0.1, 0.15) is 10.3 Å². The molecule has 0 aromatic carbocycles. The summed E-state index contributed by atoms with van der Waals surface area (Å²) in [6.07, 6.45) is 8.63. The lowest BCUT2D eigenvalue weighted by Gasteiger charge is -2.35. The average Bonchev–Trinajstić information content (AvgIpc) is 3.35. The number of aromatic nitrogens is 5. The summed E-state index contributed by atoms with van der Waals surface area (Å²) < 4.78 is 1.89. The Labute approximate surface area is 225 Å². The van der Waals surface area contributed by atoms with E-state index in [1.165, 1.54) is 0 Å². The highest BCUT2D eigenvalue weighted by Gasteiger charge is 2.46. The molecule has 0 aliphatic heterocycles. The molecule has 4 aromatic rings. The molecule has 4 atom stereocenters. The molecule has 6 rings (SSSR count). The first-order chi connectivity index (χ1) is 17.6. The van der Waals surface area contributed by atoms with Gasteiger partial charge in [0.25, 0.3) is 0 Å². The molecule has 0 spiro atoms. The number of hydrogen-bond acceptors (Lipinski definition) is 6. The number of nitrogens with zero attached hydrogens (tertiary/aromatic N) is 5. The number of halogens is 2. The number of Topliss-reactive ketones (excluding diaryl/α,β-unsaturated/α-hetero) is 2. The predicted octanol–water partition coefficient (Wildman–Crippen LogP) is 6.49. The molecular weight excluding hydrogens is 509 g/mol. The first-order valence-electron chi connectivity index (χ1n) is 12.3. The van der Waals surface area contributed by atoms with Crippen molar-refractivity contribution in [2.75, 3.05) is 0 Å². The van der Waals surface area contributed by atoms with Crippen molar-refractivity contribution in [3.63, 3.8) is 0 Å². The second kappa shape index (κ2) is 9.62. The number of fused-ring (bicyclic) bond motifs is 3. The highest BCUT2D eigenvalue weighted by Crippen LogP contribution is 2.43. The van der Waals surface area contributed by atoms with Crippen molar-refractivity contribution in [2.45, 2.75) is 57.8 Å². The van der Waals surface area contributed by atoms with Crippen LogP contribution in [0.3, 0.4) is 0 Å². The molecule has 4 unspecified atom stereocenters. The second-order valence-corrected chi connectivity index (χ2v) is 11.0. The maximum Gasteiger partial charge on any atom is 0.176 e. The van der Waals surface area contributed by atoms with Gasteiger partial charge in [-0.15, -0.1) is 0 Å². The minimum atomic E-state index is -0.726. The molecule has 37 heavy (non-hydrogen) atoms. The van der Waals surface area contributed by atoms with Crippen molar-refractivity contribution < 1.29 is 9.59 Å². The Bertz CT molecular complexity index is 1530. The van der Waals surface area contributed by atoms with E-state index in [-0.39, 0.29) is 23.4 Å². The van der Waals surface area contributed by atoms with E-state index in [4.69, 9.17) is 23.2 Å². The molecule has 0 bridgehead atoms. The van der Waals surface area contributed by atoms with Crippen LogP contribution in [0.15, 0.2) is 49.1 Å². The Morgan fingerprint density at radius 3 is 2.11 bits per heavy atom. The Kier molecular flexibility index (Phi) is 6.62. The molecule has 7 nitrogen and oxygen atoms in total. The Hall–Kier alpha value is -3.16. The van der Waals surface area contributed by atoms with Gasteiger partial charge in [0.05, 0.1) is 22.5 Å². The Morgan fingerprint density at radius 1 is 0.838 bits per heavy atom. The predicted molar refractivity (Wildman–Crippen MR) is 143 cm³/mol. The number of pyridine rings is 2. The minimum absolute atomic E-state index is 0.0263. The third-order valence-corrected chi connectivity index (χ3v) is 7.85. The molecule has 4 heterocycles. The smallest absolute Gasteiger partial charge is 0.176 e. The van der Waals surface area contributed by atoms with Crippen LogP contribution >= 0.6 is 23.2 Å². The largest absolute Gasteiger partial charge is 0.304 e.